The Kier molecular flexibility index (Phi) is 3.52. The van der Waals surface area contributed by atoms with Crippen molar-refractivity contribution < 1.29 is 5.11 Å². The topological polar surface area (TPSA) is 47.3 Å². The highest BCUT2D eigenvalue weighted by molar-refractivity contribution is 5.02. The molecule has 0 radical (unpaired) electrons. The van der Waals surface area contributed by atoms with Gasteiger partial charge in [-0.25, -0.2) is 0 Å². The summed E-state index contributed by atoms with van der Waals surface area (Å²) in [5.41, 5.74) is -0.198. The zero-order valence-electron chi connectivity index (χ0n) is 9.32. The zero-order valence-corrected chi connectivity index (χ0v) is 9.32. The van der Waals surface area contributed by atoms with Gasteiger partial charge in [0.1, 0.15) is 0 Å². The minimum atomic E-state index is -0.268. The number of nitriles is 1. The number of aliphatic hydroxyl groups is 1. The lowest BCUT2D eigenvalue weighted by Crippen LogP contribution is -2.34. The molecule has 80 valence electrons. The van der Waals surface area contributed by atoms with Crippen molar-refractivity contribution in [3.8, 4) is 6.07 Å². The van der Waals surface area contributed by atoms with Gasteiger partial charge in [0.25, 0.3) is 0 Å². The van der Waals surface area contributed by atoms with Crippen LogP contribution in [0.5, 0.6) is 0 Å². The molecule has 0 amide bonds. The molecule has 3 heteroatoms. The Morgan fingerprint density at radius 2 is 2.21 bits per heavy atom. The van der Waals surface area contributed by atoms with Crippen LogP contribution in [0.2, 0.25) is 0 Å². The van der Waals surface area contributed by atoms with E-state index >= 15 is 0 Å². The van der Waals surface area contributed by atoms with Crippen LogP contribution in [0.15, 0.2) is 0 Å². The van der Waals surface area contributed by atoms with Crippen molar-refractivity contribution in [2.24, 2.45) is 11.3 Å². The first kappa shape index (κ1) is 11.5. The van der Waals surface area contributed by atoms with E-state index in [4.69, 9.17) is 5.26 Å². The van der Waals surface area contributed by atoms with Gasteiger partial charge in [-0.2, -0.15) is 5.26 Å². The van der Waals surface area contributed by atoms with Crippen LogP contribution in [0.25, 0.3) is 0 Å². The molecule has 14 heavy (non-hydrogen) atoms. The summed E-state index contributed by atoms with van der Waals surface area (Å²) in [6.07, 6.45) is 0.657. The fourth-order valence-corrected chi connectivity index (χ4v) is 1.78. The summed E-state index contributed by atoms with van der Waals surface area (Å²) >= 11 is 0. The fraction of sp³-hybridized carbons (Fsp3) is 0.909. The van der Waals surface area contributed by atoms with Crippen LogP contribution in [-0.4, -0.2) is 35.7 Å². The Bertz CT molecular complexity index is 234. The average Bonchev–Trinajstić information content (AvgIpc) is 2.48. The van der Waals surface area contributed by atoms with E-state index in [1.54, 1.807) is 0 Å². The molecule has 0 aromatic heterocycles. The lowest BCUT2D eigenvalue weighted by atomic mass is 9.92. The van der Waals surface area contributed by atoms with E-state index in [0.717, 1.165) is 19.5 Å². The van der Waals surface area contributed by atoms with Gasteiger partial charge >= 0.3 is 0 Å². The summed E-state index contributed by atoms with van der Waals surface area (Å²) in [5.74, 6) is 0.295. The van der Waals surface area contributed by atoms with Crippen molar-refractivity contribution in [3.63, 3.8) is 0 Å². The molecule has 0 aromatic carbocycles. The Morgan fingerprint density at radius 3 is 2.64 bits per heavy atom. The molecule has 1 N–H and O–H groups in total. The molecule has 0 saturated carbocycles. The van der Waals surface area contributed by atoms with E-state index in [-0.39, 0.29) is 11.5 Å². The van der Waals surface area contributed by atoms with E-state index in [1.807, 2.05) is 20.8 Å². The van der Waals surface area contributed by atoms with Crippen LogP contribution in [0.3, 0.4) is 0 Å². The first-order chi connectivity index (χ1) is 6.47. The number of β-amino-alcohol motifs (C(OH)–C–C–N with tert-alkyl or cyclic N) is 1. The molecule has 0 aromatic rings. The Morgan fingerprint density at radius 1 is 1.57 bits per heavy atom. The minimum Gasteiger partial charge on any atom is -0.392 e. The summed E-state index contributed by atoms with van der Waals surface area (Å²) in [6, 6.07) is 2.35. The Hall–Kier alpha value is -0.590. The van der Waals surface area contributed by atoms with Crippen molar-refractivity contribution in [2.75, 3.05) is 19.6 Å². The molecule has 1 saturated heterocycles. The predicted molar refractivity (Wildman–Crippen MR) is 55.6 cm³/mol. The number of nitrogens with zero attached hydrogens (tertiary/aromatic N) is 2. The molecule has 2 unspecified atom stereocenters. The standard InChI is InChI=1S/C11H20N2O/c1-9(2)10(14)6-13-5-4-11(3,7-12)8-13/h9-10,14H,4-6,8H2,1-3H3. The van der Waals surface area contributed by atoms with Crippen LogP contribution >= 0.6 is 0 Å². The van der Waals surface area contributed by atoms with Crippen LogP contribution in [-0.2, 0) is 0 Å². The van der Waals surface area contributed by atoms with Crippen LogP contribution in [0, 0.1) is 22.7 Å². The molecule has 1 aliphatic heterocycles. The highest BCUT2D eigenvalue weighted by Gasteiger charge is 2.34. The molecule has 1 rings (SSSR count). The molecular formula is C11H20N2O. The molecule has 2 atom stereocenters. The first-order valence-electron chi connectivity index (χ1n) is 5.28. The molecule has 1 fully saturated rings. The summed E-state index contributed by atoms with van der Waals surface area (Å²) in [6.45, 7) is 8.47. The van der Waals surface area contributed by atoms with Gasteiger partial charge in [0.15, 0.2) is 0 Å². The summed E-state index contributed by atoms with van der Waals surface area (Å²) in [7, 11) is 0. The van der Waals surface area contributed by atoms with E-state index in [9.17, 15) is 5.11 Å². The number of hydrogen-bond acceptors (Lipinski definition) is 3. The second kappa shape index (κ2) is 4.29. The molecule has 0 spiro atoms. The third-order valence-corrected chi connectivity index (χ3v) is 3.04. The van der Waals surface area contributed by atoms with Gasteiger partial charge in [-0.15, -0.1) is 0 Å². The van der Waals surface area contributed by atoms with Crippen LogP contribution in [0.4, 0.5) is 0 Å². The van der Waals surface area contributed by atoms with E-state index in [1.165, 1.54) is 0 Å². The molecule has 0 bridgehead atoms. The quantitative estimate of drug-likeness (QED) is 0.738. The molecule has 1 aliphatic rings. The smallest absolute Gasteiger partial charge is 0.0700 e. The number of hydrogen-bond donors (Lipinski definition) is 1. The minimum absolute atomic E-state index is 0.198. The normalized spacial score (nSPS) is 30.6. The second-order valence-corrected chi connectivity index (χ2v) is 4.97. The number of rotatable bonds is 3. The maximum atomic E-state index is 9.71. The zero-order chi connectivity index (χ0) is 10.8. The Balaban J connectivity index is 2.41. The third-order valence-electron chi connectivity index (χ3n) is 3.04. The fourth-order valence-electron chi connectivity index (χ4n) is 1.78. The lowest BCUT2D eigenvalue weighted by molar-refractivity contribution is 0.0831. The van der Waals surface area contributed by atoms with Crippen molar-refractivity contribution in [1.82, 2.24) is 4.90 Å². The van der Waals surface area contributed by atoms with Gasteiger partial charge in [-0.3, -0.25) is 4.90 Å². The van der Waals surface area contributed by atoms with Gasteiger partial charge in [-0.05, 0) is 25.8 Å². The SMILES string of the molecule is CC(C)C(O)CN1CCC(C)(C#N)C1. The van der Waals surface area contributed by atoms with Crippen molar-refractivity contribution in [1.29, 1.82) is 5.26 Å². The van der Waals surface area contributed by atoms with Crippen molar-refractivity contribution in [2.45, 2.75) is 33.3 Å². The molecule has 3 nitrogen and oxygen atoms in total. The van der Waals surface area contributed by atoms with Gasteiger partial charge in [0, 0.05) is 13.1 Å². The van der Waals surface area contributed by atoms with Crippen LogP contribution < -0.4 is 0 Å². The van der Waals surface area contributed by atoms with Gasteiger partial charge < -0.3 is 5.11 Å². The van der Waals surface area contributed by atoms with E-state index in [0.29, 0.717) is 12.5 Å². The monoisotopic (exact) mass is 196 g/mol. The first-order valence-corrected chi connectivity index (χ1v) is 5.28. The molecule has 1 heterocycles. The summed E-state index contributed by atoms with van der Waals surface area (Å²) < 4.78 is 0. The summed E-state index contributed by atoms with van der Waals surface area (Å²) in [5, 5.41) is 18.7. The number of likely N-dealkylation sites (tertiary alicyclic amines) is 1. The van der Waals surface area contributed by atoms with Gasteiger partial charge in [-0.1, -0.05) is 13.8 Å². The summed E-state index contributed by atoms with van der Waals surface area (Å²) in [4.78, 5) is 2.19. The predicted octanol–water partition coefficient (Wildman–Crippen LogP) is 1.24. The molecular weight excluding hydrogens is 176 g/mol. The lowest BCUT2D eigenvalue weighted by Gasteiger charge is -2.23. The number of aliphatic hydroxyl groups excluding tert-OH is 1. The van der Waals surface area contributed by atoms with Gasteiger partial charge in [0.2, 0.25) is 0 Å². The van der Waals surface area contributed by atoms with Crippen LogP contribution in [0.1, 0.15) is 27.2 Å². The molecule has 0 aliphatic carbocycles. The third kappa shape index (κ3) is 2.70. The second-order valence-electron chi connectivity index (χ2n) is 4.97. The van der Waals surface area contributed by atoms with E-state index in [2.05, 4.69) is 11.0 Å². The maximum Gasteiger partial charge on any atom is 0.0700 e. The Labute approximate surface area is 86.3 Å². The average molecular weight is 196 g/mol. The van der Waals surface area contributed by atoms with Crippen molar-refractivity contribution >= 4 is 0 Å². The maximum absolute atomic E-state index is 9.71. The highest BCUT2D eigenvalue weighted by atomic mass is 16.3. The largest absolute Gasteiger partial charge is 0.392 e. The highest BCUT2D eigenvalue weighted by Crippen LogP contribution is 2.28. The van der Waals surface area contributed by atoms with Gasteiger partial charge in [0.05, 0.1) is 17.6 Å². The van der Waals surface area contributed by atoms with E-state index < -0.39 is 0 Å². The van der Waals surface area contributed by atoms with Crippen molar-refractivity contribution in [3.05, 3.63) is 0 Å².